The second kappa shape index (κ2) is 6.94. The first-order valence-corrected chi connectivity index (χ1v) is 6.11. The summed E-state index contributed by atoms with van der Waals surface area (Å²) >= 11 is 4.18. The van der Waals surface area contributed by atoms with E-state index in [1.54, 1.807) is 37.5 Å². The number of hydrogen-bond acceptors (Lipinski definition) is 4. The highest BCUT2D eigenvalue weighted by Crippen LogP contribution is 2.12. The predicted molar refractivity (Wildman–Crippen MR) is 74.9 cm³/mol. The molecule has 0 aliphatic carbocycles. The lowest BCUT2D eigenvalue weighted by molar-refractivity contribution is -0.122. The molecule has 0 saturated carbocycles. The zero-order valence-corrected chi connectivity index (χ0v) is 11.4. The van der Waals surface area contributed by atoms with Crippen molar-refractivity contribution in [1.29, 1.82) is 0 Å². The van der Waals surface area contributed by atoms with Crippen molar-refractivity contribution in [1.82, 2.24) is 10.6 Å². The number of nitrogens with one attached hydrogen (secondary N) is 2. The second-order valence-electron chi connectivity index (χ2n) is 4.15. The Balaban J connectivity index is 2.53. The van der Waals surface area contributed by atoms with Gasteiger partial charge in [0, 0.05) is 12.1 Å². The smallest absolute Gasteiger partial charge is 0.251 e. The van der Waals surface area contributed by atoms with Gasteiger partial charge < -0.3 is 10.6 Å². The van der Waals surface area contributed by atoms with Crippen molar-refractivity contribution >= 4 is 30.7 Å². The minimum absolute atomic E-state index is 0.0501. The van der Waals surface area contributed by atoms with Gasteiger partial charge in [0.05, 0.1) is 6.54 Å². The van der Waals surface area contributed by atoms with E-state index < -0.39 is 10.7 Å². The van der Waals surface area contributed by atoms with Crippen LogP contribution in [0, 0.1) is 0 Å². The van der Waals surface area contributed by atoms with E-state index in [9.17, 15) is 14.4 Å². The predicted octanol–water partition coefficient (Wildman–Crippen LogP) is 0.331. The van der Waals surface area contributed by atoms with E-state index in [1.807, 2.05) is 6.07 Å². The zero-order chi connectivity index (χ0) is 14.3. The lowest BCUT2D eigenvalue weighted by Gasteiger charge is -2.22. The molecule has 0 aromatic heterocycles. The van der Waals surface area contributed by atoms with E-state index in [4.69, 9.17) is 0 Å². The number of amides is 2. The van der Waals surface area contributed by atoms with Crippen LogP contribution >= 0.6 is 12.6 Å². The van der Waals surface area contributed by atoms with Gasteiger partial charge in [-0.3, -0.25) is 14.4 Å². The molecule has 2 N–H and O–H groups in total. The maximum atomic E-state index is 11.8. The van der Waals surface area contributed by atoms with Crippen LogP contribution in [0.25, 0.3) is 0 Å². The molecule has 2 amide bonds. The SMILES string of the molecule is CC(S)(CNC(=O)c1ccccc1)C(=O)NC[C]=O. The van der Waals surface area contributed by atoms with E-state index >= 15 is 0 Å². The highest BCUT2D eigenvalue weighted by molar-refractivity contribution is 7.82. The highest BCUT2D eigenvalue weighted by atomic mass is 32.1. The average molecular weight is 279 g/mol. The Morgan fingerprint density at radius 3 is 2.47 bits per heavy atom. The van der Waals surface area contributed by atoms with E-state index in [0.717, 1.165) is 0 Å². The third kappa shape index (κ3) is 4.75. The summed E-state index contributed by atoms with van der Waals surface area (Å²) in [5, 5.41) is 4.97. The van der Waals surface area contributed by atoms with Gasteiger partial charge >= 0.3 is 0 Å². The highest BCUT2D eigenvalue weighted by Gasteiger charge is 2.29. The summed E-state index contributed by atoms with van der Waals surface area (Å²) in [7, 11) is 0. The van der Waals surface area contributed by atoms with Gasteiger partial charge in [0.25, 0.3) is 5.91 Å². The summed E-state index contributed by atoms with van der Waals surface area (Å²) in [5.74, 6) is -0.719. The van der Waals surface area contributed by atoms with Gasteiger partial charge in [-0.15, -0.1) is 0 Å². The fourth-order valence-corrected chi connectivity index (χ4v) is 1.49. The van der Waals surface area contributed by atoms with Crippen LogP contribution in [0.5, 0.6) is 0 Å². The maximum absolute atomic E-state index is 11.8. The molecule has 6 heteroatoms. The molecule has 0 spiro atoms. The fourth-order valence-electron chi connectivity index (χ4n) is 1.33. The third-order valence-corrected chi connectivity index (χ3v) is 2.80. The fraction of sp³-hybridized carbons (Fsp3) is 0.308. The molecule has 1 rings (SSSR count). The van der Waals surface area contributed by atoms with Gasteiger partial charge in [-0.05, 0) is 19.1 Å². The molecule has 0 bridgehead atoms. The van der Waals surface area contributed by atoms with Crippen LogP contribution < -0.4 is 10.6 Å². The largest absolute Gasteiger partial charge is 0.350 e. The Hall–Kier alpha value is -1.82. The van der Waals surface area contributed by atoms with Gasteiger partial charge in [0.2, 0.25) is 12.2 Å². The molecule has 1 atom stereocenters. The zero-order valence-electron chi connectivity index (χ0n) is 10.5. The third-order valence-electron chi connectivity index (χ3n) is 2.44. The number of rotatable bonds is 6. The summed E-state index contributed by atoms with van der Waals surface area (Å²) in [5.41, 5.74) is 0.508. The molecule has 0 aliphatic heterocycles. The first-order valence-electron chi connectivity index (χ1n) is 5.66. The van der Waals surface area contributed by atoms with Crippen LogP contribution in [0.3, 0.4) is 0 Å². The first-order chi connectivity index (χ1) is 8.97. The molecular formula is C13H15N2O3S. The second-order valence-corrected chi connectivity index (χ2v) is 5.14. The average Bonchev–Trinajstić information content (AvgIpc) is 2.43. The summed E-state index contributed by atoms with van der Waals surface area (Å²) in [6.45, 7) is 1.41. The van der Waals surface area contributed by atoms with Crippen molar-refractivity contribution in [2.75, 3.05) is 13.1 Å². The standard InChI is InChI=1S/C13H15N2O3S/c1-13(19,12(18)14-7-8-16)9-15-11(17)10-5-3-2-4-6-10/h2-6,19H,7,9H2,1H3,(H,14,18)(H,15,17). The number of carbonyl (C=O) groups is 2. The summed E-state index contributed by atoms with van der Waals surface area (Å²) in [6, 6.07) is 8.66. The van der Waals surface area contributed by atoms with Crippen LogP contribution in [0.15, 0.2) is 30.3 Å². The van der Waals surface area contributed by atoms with Gasteiger partial charge in [-0.25, -0.2) is 0 Å². The normalized spacial score (nSPS) is 13.2. The molecule has 1 radical (unpaired) electrons. The van der Waals surface area contributed by atoms with Crippen molar-refractivity contribution in [2.45, 2.75) is 11.7 Å². The molecular weight excluding hydrogens is 264 g/mol. The minimum Gasteiger partial charge on any atom is -0.350 e. The topological polar surface area (TPSA) is 75.3 Å². The molecule has 101 valence electrons. The van der Waals surface area contributed by atoms with E-state index in [1.165, 1.54) is 0 Å². The number of hydrogen-bond donors (Lipinski definition) is 3. The molecule has 0 saturated heterocycles. The van der Waals surface area contributed by atoms with E-state index in [0.29, 0.717) is 5.56 Å². The van der Waals surface area contributed by atoms with Crippen LogP contribution in [-0.4, -0.2) is 35.9 Å². The monoisotopic (exact) mass is 279 g/mol. The van der Waals surface area contributed by atoms with Crippen molar-refractivity contribution in [2.24, 2.45) is 0 Å². The van der Waals surface area contributed by atoms with Crippen molar-refractivity contribution < 1.29 is 14.4 Å². The molecule has 1 unspecified atom stereocenters. The number of carbonyl (C=O) groups excluding carboxylic acids is 3. The van der Waals surface area contributed by atoms with Crippen LogP contribution in [0.4, 0.5) is 0 Å². The Morgan fingerprint density at radius 1 is 1.26 bits per heavy atom. The lowest BCUT2D eigenvalue weighted by atomic mass is 10.1. The van der Waals surface area contributed by atoms with Gasteiger partial charge in [-0.1, -0.05) is 18.2 Å². The molecule has 19 heavy (non-hydrogen) atoms. The van der Waals surface area contributed by atoms with Crippen molar-refractivity contribution in [3.05, 3.63) is 35.9 Å². The van der Waals surface area contributed by atoms with Gasteiger partial charge in [0.1, 0.15) is 4.75 Å². The van der Waals surface area contributed by atoms with E-state index in [-0.39, 0.29) is 19.0 Å². The first kappa shape index (κ1) is 15.2. The van der Waals surface area contributed by atoms with Gasteiger partial charge in [-0.2, -0.15) is 12.6 Å². The molecule has 1 aromatic carbocycles. The lowest BCUT2D eigenvalue weighted by Crippen LogP contribution is -2.48. The Kier molecular flexibility index (Phi) is 5.57. The summed E-state index contributed by atoms with van der Waals surface area (Å²) in [4.78, 5) is 33.5. The van der Waals surface area contributed by atoms with Gasteiger partial charge in [0.15, 0.2) is 0 Å². The van der Waals surface area contributed by atoms with Crippen molar-refractivity contribution in [3.63, 3.8) is 0 Å². The van der Waals surface area contributed by atoms with Crippen LogP contribution in [-0.2, 0) is 9.59 Å². The van der Waals surface area contributed by atoms with Crippen molar-refractivity contribution in [3.8, 4) is 0 Å². The minimum atomic E-state index is -1.10. The maximum Gasteiger partial charge on any atom is 0.251 e. The number of benzene rings is 1. The Morgan fingerprint density at radius 2 is 1.89 bits per heavy atom. The summed E-state index contributed by atoms with van der Waals surface area (Å²) < 4.78 is -1.10. The molecule has 5 nitrogen and oxygen atoms in total. The van der Waals surface area contributed by atoms with E-state index in [2.05, 4.69) is 23.3 Å². The Bertz CT molecular complexity index is 460. The quantitative estimate of drug-likeness (QED) is 0.657. The molecule has 0 aliphatic rings. The summed E-state index contributed by atoms with van der Waals surface area (Å²) in [6.07, 6.45) is 1.56. The molecule has 0 fully saturated rings. The number of thiol groups is 1. The van der Waals surface area contributed by atoms with Crippen LogP contribution in [0.1, 0.15) is 17.3 Å². The Labute approximate surface area is 117 Å². The van der Waals surface area contributed by atoms with Crippen LogP contribution in [0.2, 0.25) is 0 Å². The molecule has 0 heterocycles. The molecule has 1 aromatic rings.